The Morgan fingerprint density at radius 1 is 1.80 bits per heavy atom. The van der Waals surface area contributed by atoms with E-state index < -0.39 is 0 Å². The smallest absolute Gasteiger partial charge is 0.181 e. The van der Waals surface area contributed by atoms with E-state index >= 15 is 0 Å². The third kappa shape index (κ3) is 1.26. The summed E-state index contributed by atoms with van der Waals surface area (Å²) in [6.07, 6.45) is 4.22. The van der Waals surface area contributed by atoms with E-state index in [1.54, 1.807) is 0 Å². The lowest BCUT2D eigenvalue weighted by Crippen LogP contribution is -2.15. The molecule has 0 saturated heterocycles. The zero-order valence-electron chi connectivity index (χ0n) is 5.24. The Labute approximate surface area is 57.7 Å². The predicted octanol–water partition coefficient (Wildman–Crippen LogP) is -0.605. The van der Waals surface area contributed by atoms with Crippen molar-refractivity contribution in [1.29, 1.82) is 0 Å². The van der Waals surface area contributed by atoms with Crippen molar-refractivity contribution in [3.05, 3.63) is 24.6 Å². The molecule has 0 aromatic carbocycles. The molecule has 1 rings (SSSR count). The minimum absolute atomic E-state index is 0.417. The van der Waals surface area contributed by atoms with E-state index in [-0.39, 0.29) is 0 Å². The summed E-state index contributed by atoms with van der Waals surface area (Å²) in [7, 11) is 0. The largest absolute Gasteiger partial charge is 0.442 e. The molecule has 0 aliphatic carbocycles. The van der Waals surface area contributed by atoms with Crippen molar-refractivity contribution >= 4 is 5.70 Å². The average molecular weight is 140 g/mol. The van der Waals surface area contributed by atoms with E-state index in [1.807, 2.05) is 0 Å². The van der Waals surface area contributed by atoms with E-state index in [2.05, 4.69) is 10.4 Å². The number of hydrogen-bond donors (Lipinski definition) is 3. The molecule has 1 aromatic rings. The molecule has 0 spiro atoms. The lowest BCUT2D eigenvalue weighted by atomic mass is 10.4. The fourth-order valence-corrected chi connectivity index (χ4v) is 0.519. The molecule has 1 heterocycles. The number of nitrogens with two attached hydrogens (primary N) is 2. The fraction of sp³-hybridized carbons (Fsp3) is 0. The number of nitrogens with zero attached hydrogens (tertiary/aromatic N) is 1. The standard InChI is InChI=1S/C5H8N4O/c6-4(1-9-7)5-2-8-3-10-5/h1-3,9H,6-7H2/b4-1-. The minimum atomic E-state index is 0.417. The molecule has 0 fully saturated rings. The van der Waals surface area contributed by atoms with Crippen molar-refractivity contribution in [3.8, 4) is 0 Å². The van der Waals surface area contributed by atoms with Gasteiger partial charge in [-0.15, -0.1) is 0 Å². The SMILES string of the molecule is NN/C=C(\N)c1cnco1. The zero-order valence-corrected chi connectivity index (χ0v) is 5.24. The normalized spacial score (nSPS) is 11.5. The third-order valence-electron chi connectivity index (χ3n) is 0.956. The molecule has 54 valence electrons. The maximum atomic E-state index is 5.43. The van der Waals surface area contributed by atoms with Crippen LogP contribution in [0.5, 0.6) is 0 Å². The molecule has 0 radical (unpaired) electrons. The van der Waals surface area contributed by atoms with Gasteiger partial charge in [-0.2, -0.15) is 0 Å². The molecule has 0 atom stereocenters. The van der Waals surface area contributed by atoms with Crippen LogP contribution in [-0.4, -0.2) is 4.98 Å². The van der Waals surface area contributed by atoms with Crippen LogP contribution in [0.3, 0.4) is 0 Å². The topological polar surface area (TPSA) is 90.1 Å². The van der Waals surface area contributed by atoms with Crippen LogP contribution in [0.1, 0.15) is 5.76 Å². The van der Waals surface area contributed by atoms with Crippen LogP contribution in [0.15, 0.2) is 23.2 Å². The van der Waals surface area contributed by atoms with E-state index in [4.69, 9.17) is 16.0 Å². The first-order valence-corrected chi connectivity index (χ1v) is 2.65. The molecule has 0 saturated carbocycles. The Kier molecular flexibility index (Phi) is 1.91. The summed E-state index contributed by atoms with van der Waals surface area (Å²) in [6, 6.07) is 0. The van der Waals surface area contributed by atoms with Crippen LogP contribution < -0.4 is 17.0 Å². The van der Waals surface area contributed by atoms with Gasteiger partial charge in [-0.25, -0.2) is 4.98 Å². The summed E-state index contributed by atoms with van der Waals surface area (Å²) in [6.45, 7) is 0. The van der Waals surface area contributed by atoms with E-state index in [0.717, 1.165) is 0 Å². The van der Waals surface area contributed by atoms with Crippen molar-refractivity contribution in [2.24, 2.45) is 11.6 Å². The van der Waals surface area contributed by atoms with Gasteiger partial charge in [0, 0.05) is 6.20 Å². The summed E-state index contributed by atoms with van der Waals surface area (Å²) < 4.78 is 4.85. The lowest BCUT2D eigenvalue weighted by Gasteiger charge is -1.92. The lowest BCUT2D eigenvalue weighted by molar-refractivity contribution is 0.543. The summed E-state index contributed by atoms with van der Waals surface area (Å²) in [5.41, 5.74) is 8.13. The van der Waals surface area contributed by atoms with Crippen LogP contribution in [0.25, 0.3) is 5.70 Å². The molecule has 5 heteroatoms. The second-order valence-corrected chi connectivity index (χ2v) is 1.63. The average Bonchev–Trinajstić information content (AvgIpc) is 2.38. The zero-order chi connectivity index (χ0) is 7.40. The van der Waals surface area contributed by atoms with E-state index in [0.29, 0.717) is 11.5 Å². The van der Waals surface area contributed by atoms with Crippen molar-refractivity contribution in [1.82, 2.24) is 10.4 Å². The van der Waals surface area contributed by atoms with Crippen LogP contribution in [-0.2, 0) is 0 Å². The first-order chi connectivity index (χ1) is 4.84. The van der Waals surface area contributed by atoms with Crippen molar-refractivity contribution in [3.63, 3.8) is 0 Å². The molecule has 0 aliphatic heterocycles. The van der Waals surface area contributed by atoms with Crippen molar-refractivity contribution in [2.45, 2.75) is 0 Å². The molecule has 5 nitrogen and oxygen atoms in total. The predicted molar refractivity (Wildman–Crippen MR) is 36.0 cm³/mol. The van der Waals surface area contributed by atoms with Gasteiger partial charge in [0.25, 0.3) is 0 Å². The number of hydrazine groups is 1. The van der Waals surface area contributed by atoms with Gasteiger partial charge in [0.05, 0.1) is 11.9 Å². The molecule has 0 amide bonds. The van der Waals surface area contributed by atoms with Gasteiger partial charge in [0.15, 0.2) is 12.2 Å². The Hall–Kier alpha value is -1.49. The van der Waals surface area contributed by atoms with Gasteiger partial charge in [-0.1, -0.05) is 0 Å². The molecule has 0 bridgehead atoms. The fourth-order valence-electron chi connectivity index (χ4n) is 0.519. The first-order valence-electron chi connectivity index (χ1n) is 2.65. The molecule has 0 aliphatic rings. The number of nitrogens with one attached hydrogen (secondary N) is 1. The van der Waals surface area contributed by atoms with E-state index in [9.17, 15) is 0 Å². The third-order valence-corrected chi connectivity index (χ3v) is 0.956. The van der Waals surface area contributed by atoms with E-state index in [1.165, 1.54) is 18.8 Å². The minimum Gasteiger partial charge on any atom is -0.442 e. The molecule has 10 heavy (non-hydrogen) atoms. The van der Waals surface area contributed by atoms with Crippen LogP contribution >= 0.6 is 0 Å². The van der Waals surface area contributed by atoms with Gasteiger partial charge in [-0.05, 0) is 0 Å². The Bertz CT molecular complexity index is 216. The number of oxazole rings is 1. The number of aromatic nitrogens is 1. The van der Waals surface area contributed by atoms with Gasteiger partial charge in [0.1, 0.15) is 0 Å². The highest BCUT2D eigenvalue weighted by molar-refractivity contribution is 5.56. The Morgan fingerprint density at radius 2 is 2.60 bits per heavy atom. The first kappa shape index (κ1) is 6.63. The molecular weight excluding hydrogens is 132 g/mol. The highest BCUT2D eigenvalue weighted by Gasteiger charge is 1.97. The van der Waals surface area contributed by atoms with Gasteiger partial charge >= 0.3 is 0 Å². The second-order valence-electron chi connectivity index (χ2n) is 1.63. The highest BCUT2D eigenvalue weighted by Crippen LogP contribution is 2.04. The summed E-state index contributed by atoms with van der Waals surface area (Å²) in [5.74, 6) is 5.47. The van der Waals surface area contributed by atoms with Crippen LogP contribution in [0.2, 0.25) is 0 Å². The number of hydrogen-bond acceptors (Lipinski definition) is 5. The molecule has 5 N–H and O–H groups in total. The molecule has 0 unspecified atom stereocenters. The second kappa shape index (κ2) is 2.88. The van der Waals surface area contributed by atoms with Gasteiger partial charge < -0.3 is 15.6 Å². The van der Waals surface area contributed by atoms with Crippen molar-refractivity contribution in [2.75, 3.05) is 0 Å². The number of rotatable bonds is 2. The maximum absolute atomic E-state index is 5.43. The van der Waals surface area contributed by atoms with Crippen LogP contribution in [0, 0.1) is 0 Å². The Morgan fingerprint density at radius 3 is 3.10 bits per heavy atom. The monoisotopic (exact) mass is 140 g/mol. The molecule has 1 aromatic heterocycles. The highest BCUT2D eigenvalue weighted by atomic mass is 16.3. The summed E-state index contributed by atoms with van der Waals surface area (Å²) in [4.78, 5) is 3.67. The van der Waals surface area contributed by atoms with Crippen molar-refractivity contribution < 1.29 is 4.42 Å². The summed E-state index contributed by atoms with van der Waals surface area (Å²) >= 11 is 0. The summed E-state index contributed by atoms with van der Waals surface area (Å²) in [5, 5.41) is 0. The van der Waals surface area contributed by atoms with Gasteiger partial charge in [0.2, 0.25) is 0 Å². The molecular formula is C5H8N4O. The van der Waals surface area contributed by atoms with Gasteiger partial charge in [-0.3, -0.25) is 5.84 Å². The Balaban J connectivity index is 2.77. The quantitative estimate of drug-likeness (QED) is 0.377. The van der Waals surface area contributed by atoms with Crippen LogP contribution in [0.4, 0.5) is 0 Å². The maximum Gasteiger partial charge on any atom is 0.181 e.